The van der Waals surface area contributed by atoms with Gasteiger partial charge in [0.2, 0.25) is 5.91 Å². The molecular weight excluding hydrogens is 381 g/mol. The van der Waals surface area contributed by atoms with Gasteiger partial charge in [-0.2, -0.15) is 23.5 Å². The van der Waals surface area contributed by atoms with E-state index in [2.05, 4.69) is 11.2 Å². The van der Waals surface area contributed by atoms with E-state index in [-0.39, 0.29) is 12.0 Å². The summed E-state index contributed by atoms with van der Waals surface area (Å²) in [6.07, 6.45) is -1.47. The van der Waals surface area contributed by atoms with Crippen molar-refractivity contribution in [3.05, 3.63) is 52.3 Å². The molecule has 5 nitrogen and oxygen atoms in total. The van der Waals surface area contributed by atoms with E-state index in [1.807, 2.05) is 25.1 Å². The van der Waals surface area contributed by atoms with Crippen molar-refractivity contribution in [3.63, 3.8) is 0 Å². The smallest absolute Gasteiger partial charge is 0.334 e. The second-order valence-corrected chi connectivity index (χ2v) is 7.78. The number of rotatable bonds is 4. The summed E-state index contributed by atoms with van der Waals surface area (Å²) >= 11 is 0. The molecule has 0 spiro atoms. The first-order valence-corrected chi connectivity index (χ1v) is 9.73. The third kappa shape index (κ3) is 3.74. The minimum absolute atomic E-state index is 0.0671. The Balaban J connectivity index is 1.61. The summed E-state index contributed by atoms with van der Waals surface area (Å²) in [4.78, 5) is 14.6. The van der Waals surface area contributed by atoms with Crippen molar-refractivity contribution in [2.45, 2.75) is 57.3 Å². The lowest BCUT2D eigenvalue weighted by molar-refractivity contribution is -0.146. The SMILES string of the molecule is Cc1cccc(C2CCCN2C(=O)Cn2nc(C3CC3)cc2C(F)(F)F)c1C#N. The van der Waals surface area contributed by atoms with Crippen LogP contribution in [-0.2, 0) is 17.5 Å². The Kier molecular flexibility index (Phi) is 4.85. The van der Waals surface area contributed by atoms with Crippen LogP contribution < -0.4 is 0 Å². The maximum absolute atomic E-state index is 13.4. The number of aromatic nitrogens is 2. The molecule has 2 heterocycles. The summed E-state index contributed by atoms with van der Waals surface area (Å²) < 4.78 is 41.1. The Morgan fingerprint density at radius 1 is 1.31 bits per heavy atom. The molecule has 2 aliphatic rings. The normalized spacial score (nSPS) is 19.4. The molecule has 0 bridgehead atoms. The number of alkyl halides is 3. The molecule has 29 heavy (non-hydrogen) atoms. The lowest BCUT2D eigenvalue weighted by atomic mass is 9.95. The fraction of sp³-hybridized carbons (Fsp3) is 0.476. The van der Waals surface area contributed by atoms with Gasteiger partial charge in [-0.3, -0.25) is 9.48 Å². The van der Waals surface area contributed by atoms with Gasteiger partial charge in [0.1, 0.15) is 12.2 Å². The summed E-state index contributed by atoms with van der Waals surface area (Å²) in [7, 11) is 0. The summed E-state index contributed by atoms with van der Waals surface area (Å²) in [6, 6.07) is 8.46. The summed E-state index contributed by atoms with van der Waals surface area (Å²) in [5.74, 6) is -0.341. The molecule has 152 valence electrons. The minimum atomic E-state index is -4.56. The predicted octanol–water partition coefficient (Wildman–Crippen LogP) is 4.32. The van der Waals surface area contributed by atoms with Gasteiger partial charge in [-0.05, 0) is 49.8 Å². The van der Waals surface area contributed by atoms with Crippen molar-refractivity contribution in [1.29, 1.82) is 5.26 Å². The number of amides is 1. The highest BCUT2D eigenvalue weighted by Gasteiger charge is 2.40. The standard InChI is InChI=1S/C21H21F3N4O/c1-13-4-2-5-15(16(13)11-25)18-6-3-9-27(18)20(29)12-28-19(21(22,23)24)10-17(26-28)14-7-8-14/h2,4-5,10,14,18H,3,6-9,12H2,1H3. The van der Waals surface area contributed by atoms with Crippen molar-refractivity contribution in [3.8, 4) is 6.07 Å². The van der Waals surface area contributed by atoms with Crippen molar-refractivity contribution in [2.75, 3.05) is 6.54 Å². The van der Waals surface area contributed by atoms with Crippen LogP contribution in [0.15, 0.2) is 24.3 Å². The fourth-order valence-corrected chi connectivity index (χ4v) is 4.09. The molecule has 4 rings (SSSR count). The van der Waals surface area contributed by atoms with Crippen LogP contribution in [0.4, 0.5) is 13.2 Å². The fourth-order valence-electron chi connectivity index (χ4n) is 4.09. The maximum Gasteiger partial charge on any atom is 0.433 e. The van der Waals surface area contributed by atoms with Crippen LogP contribution in [0.3, 0.4) is 0 Å². The summed E-state index contributed by atoms with van der Waals surface area (Å²) in [6.45, 7) is 1.84. The second kappa shape index (κ2) is 7.21. The number of carbonyl (C=O) groups excluding carboxylic acids is 1. The van der Waals surface area contributed by atoms with Gasteiger partial charge in [0, 0.05) is 12.5 Å². The second-order valence-electron chi connectivity index (χ2n) is 7.78. The lowest BCUT2D eigenvalue weighted by Gasteiger charge is -2.26. The van der Waals surface area contributed by atoms with E-state index in [0.717, 1.165) is 41.1 Å². The Bertz CT molecular complexity index is 985. The maximum atomic E-state index is 13.4. The number of halogens is 3. The van der Waals surface area contributed by atoms with Crippen LogP contribution in [0.5, 0.6) is 0 Å². The Labute approximate surface area is 166 Å². The van der Waals surface area contributed by atoms with E-state index in [0.29, 0.717) is 24.2 Å². The molecule has 2 aromatic rings. The van der Waals surface area contributed by atoms with E-state index in [1.165, 1.54) is 0 Å². The Morgan fingerprint density at radius 2 is 2.07 bits per heavy atom. The molecule has 2 fully saturated rings. The molecule has 1 aliphatic heterocycles. The summed E-state index contributed by atoms with van der Waals surface area (Å²) in [5, 5.41) is 13.6. The largest absolute Gasteiger partial charge is 0.433 e. The number of nitriles is 1. The average Bonchev–Trinajstić information content (AvgIpc) is 3.23. The Morgan fingerprint density at radius 3 is 2.72 bits per heavy atom. The minimum Gasteiger partial charge on any atom is -0.334 e. The zero-order chi connectivity index (χ0) is 20.8. The van der Waals surface area contributed by atoms with Crippen molar-refractivity contribution < 1.29 is 18.0 Å². The molecule has 0 radical (unpaired) electrons. The number of hydrogen-bond donors (Lipinski definition) is 0. The molecule has 0 N–H and O–H groups in total. The number of hydrogen-bond acceptors (Lipinski definition) is 3. The molecule has 1 unspecified atom stereocenters. The van der Waals surface area contributed by atoms with Crippen molar-refractivity contribution in [1.82, 2.24) is 14.7 Å². The number of aryl methyl sites for hydroxylation is 1. The van der Waals surface area contributed by atoms with Crippen LogP contribution in [0.1, 0.15) is 65.7 Å². The third-order valence-electron chi connectivity index (χ3n) is 5.72. The number of benzene rings is 1. The number of likely N-dealkylation sites (tertiary alicyclic amines) is 1. The molecule has 1 aromatic heterocycles. The van der Waals surface area contributed by atoms with Crippen molar-refractivity contribution >= 4 is 5.91 Å². The number of carbonyl (C=O) groups is 1. The Hall–Kier alpha value is -2.82. The third-order valence-corrected chi connectivity index (χ3v) is 5.72. The highest BCUT2D eigenvalue weighted by molar-refractivity contribution is 5.77. The van der Waals surface area contributed by atoms with Gasteiger partial charge < -0.3 is 4.90 Å². The molecule has 1 saturated heterocycles. The van der Waals surface area contributed by atoms with Gasteiger partial charge in [0.15, 0.2) is 0 Å². The van der Waals surface area contributed by atoms with Crippen LogP contribution in [0, 0.1) is 18.3 Å². The van der Waals surface area contributed by atoms with Gasteiger partial charge in [0.25, 0.3) is 0 Å². The molecule has 8 heteroatoms. The highest BCUT2D eigenvalue weighted by Crippen LogP contribution is 2.42. The van der Waals surface area contributed by atoms with Crippen LogP contribution >= 0.6 is 0 Å². The zero-order valence-electron chi connectivity index (χ0n) is 16.0. The van der Waals surface area contributed by atoms with Gasteiger partial charge in [0.05, 0.1) is 23.4 Å². The van der Waals surface area contributed by atoms with E-state index in [4.69, 9.17) is 0 Å². The van der Waals surface area contributed by atoms with Gasteiger partial charge >= 0.3 is 6.18 Å². The van der Waals surface area contributed by atoms with Gasteiger partial charge in [-0.1, -0.05) is 18.2 Å². The first-order valence-electron chi connectivity index (χ1n) is 9.73. The predicted molar refractivity (Wildman–Crippen MR) is 98.8 cm³/mol. The molecule has 1 saturated carbocycles. The van der Waals surface area contributed by atoms with Crippen LogP contribution in [-0.4, -0.2) is 27.1 Å². The van der Waals surface area contributed by atoms with Crippen molar-refractivity contribution in [2.24, 2.45) is 0 Å². The first kappa shape index (κ1) is 19.5. The first-order chi connectivity index (χ1) is 13.8. The molecule has 1 amide bonds. The summed E-state index contributed by atoms with van der Waals surface area (Å²) in [5.41, 5.74) is 1.65. The molecule has 1 aromatic carbocycles. The molecule has 1 aliphatic carbocycles. The van der Waals surface area contributed by atoms with E-state index in [1.54, 1.807) is 4.90 Å². The topological polar surface area (TPSA) is 61.9 Å². The van der Waals surface area contributed by atoms with Crippen LogP contribution in [0.2, 0.25) is 0 Å². The quantitative estimate of drug-likeness (QED) is 0.765. The number of nitrogens with zero attached hydrogens (tertiary/aromatic N) is 4. The van der Waals surface area contributed by atoms with Gasteiger partial charge in [-0.15, -0.1) is 0 Å². The lowest BCUT2D eigenvalue weighted by Crippen LogP contribution is -2.35. The average molecular weight is 402 g/mol. The monoisotopic (exact) mass is 402 g/mol. The van der Waals surface area contributed by atoms with E-state index >= 15 is 0 Å². The van der Waals surface area contributed by atoms with Crippen LogP contribution in [0.25, 0.3) is 0 Å². The zero-order valence-corrected chi connectivity index (χ0v) is 16.0. The van der Waals surface area contributed by atoms with Gasteiger partial charge in [-0.25, -0.2) is 0 Å². The van der Waals surface area contributed by atoms with E-state index in [9.17, 15) is 23.2 Å². The molecule has 1 atom stereocenters. The van der Waals surface area contributed by atoms with E-state index < -0.39 is 24.3 Å². The molecular formula is C21H21F3N4O. The highest BCUT2D eigenvalue weighted by atomic mass is 19.4.